The number of hydrogen-bond donors (Lipinski definition) is 2. The number of carbonyl (C=O) groups is 1. The molecule has 0 unspecified atom stereocenters. The maximum absolute atomic E-state index is 12.1. The van der Waals surface area contributed by atoms with E-state index in [1.54, 1.807) is 6.07 Å². The van der Waals surface area contributed by atoms with Crippen LogP contribution in [0.25, 0.3) is 10.2 Å². The van der Waals surface area contributed by atoms with E-state index in [9.17, 15) is 4.79 Å². The zero-order valence-corrected chi connectivity index (χ0v) is 12.8. The fourth-order valence-electron chi connectivity index (χ4n) is 2.03. The molecule has 2 aromatic carbocycles. The van der Waals surface area contributed by atoms with Crippen molar-refractivity contribution in [3.8, 4) is 5.75 Å². The number of fused-ring (bicyclic) bond motifs is 1. The SMILES string of the molecule is CCOc1ccccc1NC(=O)Nc1nc2ccccc2s1. The first-order chi connectivity index (χ1) is 10.8. The van der Waals surface area contributed by atoms with Gasteiger partial charge in [0.15, 0.2) is 5.13 Å². The monoisotopic (exact) mass is 313 g/mol. The highest BCUT2D eigenvalue weighted by Gasteiger charge is 2.10. The highest BCUT2D eigenvalue weighted by atomic mass is 32.1. The number of nitrogens with one attached hydrogen (secondary N) is 2. The van der Waals surface area contributed by atoms with Gasteiger partial charge in [0, 0.05) is 0 Å². The van der Waals surface area contributed by atoms with Gasteiger partial charge in [-0.2, -0.15) is 0 Å². The molecule has 2 N–H and O–H groups in total. The van der Waals surface area contributed by atoms with Crippen LogP contribution in [0.1, 0.15) is 6.92 Å². The first kappa shape index (κ1) is 14.3. The second-order valence-corrected chi connectivity index (χ2v) is 5.53. The molecule has 0 fully saturated rings. The summed E-state index contributed by atoms with van der Waals surface area (Å²) < 4.78 is 6.52. The van der Waals surface area contributed by atoms with Gasteiger partial charge in [-0.1, -0.05) is 35.6 Å². The van der Waals surface area contributed by atoms with E-state index in [-0.39, 0.29) is 6.03 Å². The van der Waals surface area contributed by atoms with Gasteiger partial charge in [0.1, 0.15) is 5.75 Å². The molecule has 1 heterocycles. The van der Waals surface area contributed by atoms with Gasteiger partial charge in [0.25, 0.3) is 0 Å². The van der Waals surface area contributed by atoms with Crippen LogP contribution in [0.2, 0.25) is 0 Å². The number of rotatable bonds is 4. The molecule has 1 aromatic heterocycles. The lowest BCUT2D eigenvalue weighted by Crippen LogP contribution is -2.19. The average molecular weight is 313 g/mol. The van der Waals surface area contributed by atoms with Crippen molar-refractivity contribution in [2.75, 3.05) is 17.2 Å². The van der Waals surface area contributed by atoms with E-state index in [2.05, 4.69) is 15.6 Å². The number of benzene rings is 2. The highest BCUT2D eigenvalue weighted by Crippen LogP contribution is 2.27. The molecule has 6 heteroatoms. The number of anilines is 2. The van der Waals surface area contributed by atoms with Gasteiger partial charge in [0.05, 0.1) is 22.5 Å². The molecule has 3 aromatic rings. The highest BCUT2D eigenvalue weighted by molar-refractivity contribution is 7.22. The van der Waals surface area contributed by atoms with Crippen LogP contribution >= 0.6 is 11.3 Å². The molecule has 0 atom stereocenters. The quantitative estimate of drug-likeness (QED) is 0.753. The fourth-order valence-corrected chi connectivity index (χ4v) is 2.89. The topological polar surface area (TPSA) is 63.2 Å². The maximum atomic E-state index is 12.1. The Morgan fingerprint density at radius 1 is 1.14 bits per heavy atom. The minimum absolute atomic E-state index is 0.341. The molecule has 0 aliphatic heterocycles. The van der Waals surface area contributed by atoms with Crippen LogP contribution in [0.3, 0.4) is 0 Å². The van der Waals surface area contributed by atoms with Crippen molar-refractivity contribution in [2.45, 2.75) is 6.92 Å². The number of ether oxygens (including phenoxy) is 1. The second-order valence-electron chi connectivity index (χ2n) is 4.50. The van der Waals surface area contributed by atoms with Crippen LogP contribution in [-0.4, -0.2) is 17.6 Å². The number of aromatic nitrogens is 1. The Morgan fingerprint density at radius 3 is 2.73 bits per heavy atom. The molecule has 0 aliphatic carbocycles. The predicted octanol–water partition coefficient (Wildman–Crippen LogP) is 4.34. The fraction of sp³-hybridized carbons (Fsp3) is 0.125. The zero-order valence-electron chi connectivity index (χ0n) is 12.0. The Labute approximate surface area is 131 Å². The molecule has 0 spiro atoms. The Morgan fingerprint density at radius 2 is 1.91 bits per heavy atom. The number of nitrogens with zero attached hydrogens (tertiary/aromatic N) is 1. The molecule has 112 valence electrons. The van der Waals surface area contributed by atoms with E-state index in [4.69, 9.17) is 4.74 Å². The Kier molecular flexibility index (Phi) is 4.20. The first-order valence-electron chi connectivity index (χ1n) is 6.91. The molecule has 22 heavy (non-hydrogen) atoms. The summed E-state index contributed by atoms with van der Waals surface area (Å²) in [6, 6.07) is 14.7. The van der Waals surface area contributed by atoms with Gasteiger partial charge in [-0.05, 0) is 31.2 Å². The summed E-state index contributed by atoms with van der Waals surface area (Å²) in [6.45, 7) is 2.44. The minimum atomic E-state index is -0.341. The van der Waals surface area contributed by atoms with Crippen molar-refractivity contribution in [1.29, 1.82) is 0 Å². The van der Waals surface area contributed by atoms with E-state index < -0.39 is 0 Å². The first-order valence-corrected chi connectivity index (χ1v) is 7.73. The van der Waals surface area contributed by atoms with E-state index in [0.29, 0.717) is 23.2 Å². The van der Waals surface area contributed by atoms with Crippen molar-refractivity contribution in [2.24, 2.45) is 0 Å². The Bertz CT molecular complexity index is 768. The summed E-state index contributed by atoms with van der Waals surface area (Å²) >= 11 is 1.44. The standard InChI is InChI=1S/C16H15N3O2S/c1-2-21-13-9-5-3-7-11(13)17-15(20)19-16-18-12-8-4-6-10-14(12)22-16/h3-10H,2H2,1H3,(H2,17,18,19,20). The maximum Gasteiger partial charge on any atom is 0.325 e. The van der Waals surface area contributed by atoms with Crippen molar-refractivity contribution in [3.63, 3.8) is 0 Å². The average Bonchev–Trinajstić information content (AvgIpc) is 2.91. The third-order valence-electron chi connectivity index (χ3n) is 2.95. The van der Waals surface area contributed by atoms with Crippen LogP contribution < -0.4 is 15.4 Å². The van der Waals surface area contributed by atoms with Crippen molar-refractivity contribution in [3.05, 3.63) is 48.5 Å². The number of carbonyl (C=O) groups excluding carboxylic acids is 1. The molecule has 2 amide bonds. The van der Waals surface area contributed by atoms with E-state index in [1.807, 2.05) is 49.4 Å². The third-order valence-corrected chi connectivity index (χ3v) is 3.90. The van der Waals surface area contributed by atoms with Crippen molar-refractivity contribution in [1.82, 2.24) is 4.98 Å². The summed E-state index contributed by atoms with van der Waals surface area (Å²) in [6.07, 6.45) is 0. The van der Waals surface area contributed by atoms with Gasteiger partial charge in [-0.3, -0.25) is 5.32 Å². The number of thiazole rings is 1. The molecule has 0 saturated carbocycles. The molecular formula is C16H15N3O2S. The van der Waals surface area contributed by atoms with Crippen LogP contribution in [0, 0.1) is 0 Å². The van der Waals surface area contributed by atoms with Gasteiger partial charge in [-0.25, -0.2) is 9.78 Å². The van der Waals surface area contributed by atoms with Crippen LogP contribution in [-0.2, 0) is 0 Å². The van der Waals surface area contributed by atoms with Gasteiger partial charge in [0.2, 0.25) is 0 Å². The number of para-hydroxylation sites is 3. The lowest BCUT2D eigenvalue weighted by molar-refractivity contribution is 0.262. The summed E-state index contributed by atoms with van der Waals surface area (Å²) in [5, 5.41) is 6.09. The summed E-state index contributed by atoms with van der Waals surface area (Å²) in [5.74, 6) is 0.643. The lowest BCUT2D eigenvalue weighted by atomic mass is 10.3. The summed E-state index contributed by atoms with van der Waals surface area (Å²) in [4.78, 5) is 16.5. The molecule has 0 bridgehead atoms. The second kappa shape index (κ2) is 6.44. The molecular weight excluding hydrogens is 298 g/mol. The van der Waals surface area contributed by atoms with E-state index >= 15 is 0 Å². The van der Waals surface area contributed by atoms with Crippen LogP contribution in [0.4, 0.5) is 15.6 Å². The third kappa shape index (κ3) is 3.17. The van der Waals surface area contributed by atoms with Gasteiger partial charge < -0.3 is 10.1 Å². The smallest absolute Gasteiger partial charge is 0.325 e. The lowest BCUT2D eigenvalue weighted by Gasteiger charge is -2.11. The molecule has 3 rings (SSSR count). The zero-order chi connectivity index (χ0) is 15.4. The molecule has 0 radical (unpaired) electrons. The number of amides is 2. The minimum Gasteiger partial charge on any atom is -0.492 e. The summed E-state index contributed by atoms with van der Waals surface area (Å²) in [7, 11) is 0. The predicted molar refractivity (Wildman–Crippen MR) is 89.9 cm³/mol. The van der Waals surface area contributed by atoms with E-state index in [1.165, 1.54) is 11.3 Å². The molecule has 0 saturated heterocycles. The normalized spacial score (nSPS) is 10.4. The van der Waals surface area contributed by atoms with E-state index in [0.717, 1.165) is 10.2 Å². The van der Waals surface area contributed by atoms with Gasteiger partial charge >= 0.3 is 6.03 Å². The van der Waals surface area contributed by atoms with Crippen LogP contribution in [0.5, 0.6) is 5.75 Å². The summed E-state index contributed by atoms with van der Waals surface area (Å²) in [5.41, 5.74) is 1.50. The number of hydrogen-bond acceptors (Lipinski definition) is 4. The number of urea groups is 1. The Balaban J connectivity index is 1.72. The largest absolute Gasteiger partial charge is 0.492 e. The van der Waals surface area contributed by atoms with Crippen molar-refractivity contribution >= 4 is 38.4 Å². The van der Waals surface area contributed by atoms with Crippen LogP contribution in [0.15, 0.2) is 48.5 Å². The van der Waals surface area contributed by atoms with Crippen molar-refractivity contribution < 1.29 is 9.53 Å². The van der Waals surface area contributed by atoms with Gasteiger partial charge in [-0.15, -0.1) is 0 Å². The molecule has 0 aliphatic rings. The molecule has 5 nitrogen and oxygen atoms in total. The Hall–Kier alpha value is -2.60.